The summed E-state index contributed by atoms with van der Waals surface area (Å²) in [4.78, 5) is 3.90. The van der Waals surface area contributed by atoms with E-state index in [1.165, 1.54) is 11.8 Å². The molecule has 0 aromatic heterocycles. The molecule has 0 atom stereocenters. The average Bonchev–Trinajstić information content (AvgIpc) is 2.55. The Morgan fingerprint density at radius 3 is 2.52 bits per heavy atom. The number of ether oxygens (including phenoxy) is 2. The molecule has 0 fully saturated rings. The summed E-state index contributed by atoms with van der Waals surface area (Å²) in [5.74, 6) is 1.46. The third-order valence-electron chi connectivity index (χ3n) is 2.81. The Hall–Kier alpha value is -2.12. The van der Waals surface area contributed by atoms with Crippen LogP contribution in [-0.4, -0.2) is 40.0 Å². The number of nitrogens with zero attached hydrogens (tertiary/aromatic N) is 1. The maximum atomic E-state index is 5.69. The predicted octanol–water partition coefficient (Wildman–Crippen LogP) is 2.38. The minimum absolute atomic E-state index is 0.384. The van der Waals surface area contributed by atoms with Crippen LogP contribution in [0.5, 0.6) is 5.75 Å². The van der Waals surface area contributed by atoms with Gasteiger partial charge in [-0.2, -0.15) is 0 Å². The van der Waals surface area contributed by atoms with Gasteiger partial charge in [-0.3, -0.25) is 4.99 Å². The van der Waals surface area contributed by atoms with Gasteiger partial charge in [-0.1, -0.05) is 18.3 Å². The quantitative estimate of drug-likeness (QED) is 0.249. The summed E-state index contributed by atoms with van der Waals surface area (Å²) in [7, 11) is 3.46. The number of aliphatic imine (C=N–C) groups is 1. The molecule has 0 bridgehead atoms. The molecule has 4 N–H and O–H groups in total. The molecule has 0 saturated heterocycles. The van der Waals surface area contributed by atoms with Crippen molar-refractivity contribution < 1.29 is 9.47 Å². The highest BCUT2D eigenvalue weighted by Gasteiger charge is 2.06. The zero-order chi connectivity index (χ0) is 17.1. The molecule has 0 aliphatic rings. The number of anilines is 1. The molecule has 7 heteroatoms. The van der Waals surface area contributed by atoms with Crippen LogP contribution in [0.15, 0.2) is 52.3 Å². The standard InChI is InChI=1S/C16H24N4O2S/c1-12(17)15(18-2)16(19-3)23-11-20-13-5-7-14(8-6-13)22-10-9-21-4/h5-8,19-20H,1-2,9-11,17H2,3-4H3/b16-15-. The largest absolute Gasteiger partial charge is 0.491 e. The van der Waals surface area contributed by atoms with Gasteiger partial charge in [0.15, 0.2) is 0 Å². The SMILES string of the molecule is C=N/C(C(=C)N)=C(/NC)SCNc1ccc(OCCOC)cc1. The minimum Gasteiger partial charge on any atom is -0.491 e. The fourth-order valence-corrected chi connectivity index (χ4v) is 2.54. The number of methoxy groups -OCH3 is 1. The fraction of sp³-hybridized carbons (Fsp3) is 0.312. The van der Waals surface area contributed by atoms with Crippen molar-refractivity contribution in [2.75, 3.05) is 38.6 Å². The number of thioether (sulfide) groups is 1. The van der Waals surface area contributed by atoms with Crippen molar-refractivity contribution in [2.45, 2.75) is 0 Å². The molecule has 0 aliphatic heterocycles. The van der Waals surface area contributed by atoms with Crippen molar-refractivity contribution in [2.24, 2.45) is 10.7 Å². The molecule has 0 amide bonds. The van der Waals surface area contributed by atoms with Gasteiger partial charge in [-0.15, -0.1) is 0 Å². The van der Waals surface area contributed by atoms with Crippen LogP contribution in [0.3, 0.4) is 0 Å². The Balaban J connectivity index is 2.51. The van der Waals surface area contributed by atoms with Crippen molar-refractivity contribution in [1.29, 1.82) is 0 Å². The van der Waals surface area contributed by atoms with Crippen molar-refractivity contribution >= 4 is 24.2 Å². The molecule has 6 nitrogen and oxygen atoms in total. The van der Waals surface area contributed by atoms with E-state index in [9.17, 15) is 0 Å². The van der Waals surface area contributed by atoms with E-state index in [4.69, 9.17) is 15.2 Å². The van der Waals surface area contributed by atoms with Crippen LogP contribution < -0.4 is 21.1 Å². The second-order valence-electron chi connectivity index (χ2n) is 4.44. The number of benzene rings is 1. The molecule has 0 unspecified atom stereocenters. The lowest BCUT2D eigenvalue weighted by molar-refractivity contribution is 0.146. The molecular formula is C16H24N4O2S. The normalized spacial score (nSPS) is 11.4. The van der Waals surface area contributed by atoms with E-state index in [-0.39, 0.29) is 0 Å². The van der Waals surface area contributed by atoms with Crippen LogP contribution in [-0.2, 0) is 4.74 Å². The second-order valence-corrected chi connectivity index (χ2v) is 5.43. The number of nitrogens with one attached hydrogen (secondary N) is 2. The first-order valence-electron chi connectivity index (χ1n) is 7.04. The lowest BCUT2D eigenvalue weighted by atomic mass is 10.3. The molecule has 1 aromatic rings. The molecule has 1 rings (SSSR count). The summed E-state index contributed by atoms with van der Waals surface area (Å²) in [5.41, 5.74) is 7.64. The summed E-state index contributed by atoms with van der Waals surface area (Å²) in [6.45, 7) is 8.31. The maximum absolute atomic E-state index is 5.69. The Morgan fingerprint density at radius 2 is 2.00 bits per heavy atom. The molecule has 126 valence electrons. The molecular weight excluding hydrogens is 312 g/mol. The minimum atomic E-state index is 0.384. The first-order valence-corrected chi connectivity index (χ1v) is 8.03. The maximum Gasteiger partial charge on any atom is 0.119 e. The molecule has 0 radical (unpaired) electrons. The summed E-state index contributed by atoms with van der Waals surface area (Å²) < 4.78 is 10.5. The molecule has 0 saturated carbocycles. The monoisotopic (exact) mass is 336 g/mol. The number of hydrogen-bond donors (Lipinski definition) is 3. The lowest BCUT2D eigenvalue weighted by Crippen LogP contribution is -2.11. The van der Waals surface area contributed by atoms with Crippen LogP contribution in [0, 0.1) is 0 Å². The van der Waals surface area contributed by atoms with Crippen molar-refractivity contribution in [3.8, 4) is 5.75 Å². The van der Waals surface area contributed by atoms with Gasteiger partial charge in [-0.25, -0.2) is 0 Å². The van der Waals surface area contributed by atoms with Crippen LogP contribution in [0.25, 0.3) is 0 Å². The zero-order valence-corrected chi connectivity index (χ0v) is 14.4. The van der Waals surface area contributed by atoms with E-state index >= 15 is 0 Å². The van der Waals surface area contributed by atoms with Crippen LogP contribution in [0.1, 0.15) is 0 Å². The average molecular weight is 336 g/mol. The lowest BCUT2D eigenvalue weighted by Gasteiger charge is -2.12. The highest BCUT2D eigenvalue weighted by atomic mass is 32.2. The van der Waals surface area contributed by atoms with Crippen LogP contribution >= 0.6 is 11.8 Å². The second kappa shape index (κ2) is 10.6. The van der Waals surface area contributed by atoms with E-state index in [0.717, 1.165) is 16.5 Å². The van der Waals surface area contributed by atoms with E-state index in [1.54, 1.807) is 7.11 Å². The third kappa shape index (κ3) is 6.66. The van der Waals surface area contributed by atoms with Gasteiger partial charge in [0.25, 0.3) is 0 Å². The van der Waals surface area contributed by atoms with E-state index in [2.05, 4.69) is 28.9 Å². The smallest absolute Gasteiger partial charge is 0.119 e. The highest BCUT2D eigenvalue weighted by molar-refractivity contribution is 8.03. The Morgan fingerprint density at radius 1 is 1.30 bits per heavy atom. The molecule has 0 heterocycles. The Bertz CT molecular complexity index is 544. The van der Waals surface area contributed by atoms with Gasteiger partial charge in [0.1, 0.15) is 18.1 Å². The third-order valence-corrected chi connectivity index (χ3v) is 3.78. The Kier molecular flexibility index (Phi) is 8.71. The van der Waals surface area contributed by atoms with Gasteiger partial charge >= 0.3 is 0 Å². The van der Waals surface area contributed by atoms with Gasteiger partial charge in [0, 0.05) is 19.8 Å². The van der Waals surface area contributed by atoms with Gasteiger partial charge < -0.3 is 25.8 Å². The molecule has 23 heavy (non-hydrogen) atoms. The zero-order valence-electron chi connectivity index (χ0n) is 13.6. The summed E-state index contributed by atoms with van der Waals surface area (Å²) in [6.07, 6.45) is 0. The van der Waals surface area contributed by atoms with E-state index in [1.807, 2.05) is 31.3 Å². The van der Waals surface area contributed by atoms with Crippen molar-refractivity contribution in [1.82, 2.24) is 5.32 Å². The molecule has 0 spiro atoms. The summed E-state index contributed by atoms with van der Waals surface area (Å²) in [5, 5.41) is 7.17. The highest BCUT2D eigenvalue weighted by Crippen LogP contribution is 2.22. The van der Waals surface area contributed by atoms with E-state index in [0.29, 0.717) is 30.5 Å². The van der Waals surface area contributed by atoms with Crippen molar-refractivity contribution in [3.63, 3.8) is 0 Å². The summed E-state index contributed by atoms with van der Waals surface area (Å²) in [6, 6.07) is 7.74. The summed E-state index contributed by atoms with van der Waals surface area (Å²) >= 11 is 1.53. The van der Waals surface area contributed by atoms with Crippen LogP contribution in [0.2, 0.25) is 0 Å². The van der Waals surface area contributed by atoms with Crippen LogP contribution in [0.4, 0.5) is 5.69 Å². The fourth-order valence-electron chi connectivity index (χ4n) is 1.68. The number of nitrogens with two attached hydrogens (primary N) is 1. The topological polar surface area (TPSA) is 80.9 Å². The Labute approximate surface area is 141 Å². The van der Waals surface area contributed by atoms with Gasteiger partial charge in [0.05, 0.1) is 23.2 Å². The van der Waals surface area contributed by atoms with Gasteiger partial charge in [-0.05, 0) is 31.0 Å². The van der Waals surface area contributed by atoms with Gasteiger partial charge in [0.2, 0.25) is 0 Å². The number of rotatable bonds is 11. The van der Waals surface area contributed by atoms with E-state index < -0.39 is 0 Å². The first-order chi connectivity index (χ1) is 11.1. The first kappa shape index (κ1) is 18.9. The van der Waals surface area contributed by atoms with Crippen molar-refractivity contribution in [3.05, 3.63) is 47.3 Å². The number of hydrogen-bond acceptors (Lipinski definition) is 7. The molecule has 0 aliphatic carbocycles. The molecule has 1 aromatic carbocycles. The predicted molar refractivity (Wildman–Crippen MR) is 98.9 cm³/mol.